The molecule has 0 aliphatic rings. The van der Waals surface area contributed by atoms with Crippen LogP contribution >= 0.6 is 0 Å². The molecule has 1 aromatic rings. The van der Waals surface area contributed by atoms with E-state index in [1.807, 2.05) is 0 Å². The zero-order valence-corrected chi connectivity index (χ0v) is 12.1. The van der Waals surface area contributed by atoms with Gasteiger partial charge in [0.2, 0.25) is 0 Å². The van der Waals surface area contributed by atoms with Crippen molar-refractivity contribution >= 4 is 11.9 Å². The van der Waals surface area contributed by atoms with Crippen LogP contribution in [0.5, 0.6) is 0 Å². The summed E-state index contributed by atoms with van der Waals surface area (Å²) >= 11 is 0. The Bertz CT molecular complexity index is 461. The highest BCUT2D eigenvalue weighted by atomic mass is 16.6. The normalized spacial score (nSPS) is 14.2. The molecule has 0 heterocycles. The molecule has 5 heteroatoms. The highest BCUT2D eigenvalue weighted by Gasteiger charge is 2.37. The fourth-order valence-corrected chi connectivity index (χ4v) is 1.73. The second-order valence-corrected chi connectivity index (χ2v) is 5.39. The van der Waals surface area contributed by atoms with E-state index in [4.69, 9.17) is 4.74 Å². The van der Waals surface area contributed by atoms with Gasteiger partial charge in [-0.05, 0) is 26.3 Å². The lowest BCUT2D eigenvalue weighted by Gasteiger charge is -2.26. The van der Waals surface area contributed by atoms with Crippen LogP contribution in [0, 0.1) is 0 Å². The molecule has 0 bridgehead atoms. The molecule has 0 spiro atoms. The minimum atomic E-state index is -1.60. The largest absolute Gasteiger partial charge is 0.467 e. The first kappa shape index (κ1) is 16.2. The molecule has 0 aliphatic carbocycles. The number of carbonyl (C=O) groups is 2. The Morgan fingerprint density at radius 3 is 2.10 bits per heavy atom. The maximum absolute atomic E-state index is 12.2. The maximum Gasteiger partial charge on any atom is 0.335 e. The highest BCUT2D eigenvalue weighted by molar-refractivity contribution is 5.87. The summed E-state index contributed by atoms with van der Waals surface area (Å²) in [4.78, 5) is 23.7. The molecule has 1 rings (SSSR count). The number of carbonyl (C=O) groups excluding carboxylic acids is 2. The third-order valence-corrected chi connectivity index (χ3v) is 2.58. The first-order chi connectivity index (χ1) is 9.26. The van der Waals surface area contributed by atoms with Gasteiger partial charge in [-0.1, -0.05) is 30.3 Å². The molecule has 20 heavy (non-hydrogen) atoms. The van der Waals surface area contributed by atoms with Gasteiger partial charge in [-0.25, -0.2) is 4.79 Å². The summed E-state index contributed by atoms with van der Waals surface area (Å²) < 4.78 is 9.76. The second kappa shape index (κ2) is 6.52. The smallest absolute Gasteiger partial charge is 0.335 e. The van der Waals surface area contributed by atoms with Gasteiger partial charge in [0.05, 0.1) is 7.11 Å². The number of hydrogen-bond donors (Lipinski definition) is 1. The minimum Gasteiger partial charge on any atom is -0.467 e. The first-order valence-electron chi connectivity index (χ1n) is 6.30. The Labute approximate surface area is 118 Å². The van der Waals surface area contributed by atoms with E-state index in [0.29, 0.717) is 5.56 Å². The Balaban J connectivity index is 3.08. The molecule has 5 nitrogen and oxygen atoms in total. The summed E-state index contributed by atoms with van der Waals surface area (Å²) in [7, 11) is 1.16. The van der Waals surface area contributed by atoms with E-state index >= 15 is 0 Å². The lowest BCUT2D eigenvalue weighted by molar-refractivity contribution is -0.167. The maximum atomic E-state index is 12.2. The average molecular weight is 280 g/mol. The van der Waals surface area contributed by atoms with Crippen molar-refractivity contribution in [1.82, 2.24) is 0 Å². The SMILES string of the molecule is COC(=O)[C@H](O)[C@@H](C(=O)OC(C)(C)C)c1ccccc1. The van der Waals surface area contributed by atoms with Crippen molar-refractivity contribution in [2.45, 2.75) is 38.4 Å². The van der Waals surface area contributed by atoms with Gasteiger partial charge >= 0.3 is 11.9 Å². The molecule has 0 saturated heterocycles. The van der Waals surface area contributed by atoms with E-state index in [1.54, 1.807) is 51.1 Å². The summed E-state index contributed by atoms with van der Waals surface area (Å²) in [6.45, 7) is 5.16. The number of aliphatic hydroxyl groups excluding tert-OH is 1. The van der Waals surface area contributed by atoms with E-state index in [2.05, 4.69) is 4.74 Å². The summed E-state index contributed by atoms with van der Waals surface area (Å²) in [5.41, 5.74) is -0.209. The molecule has 0 fully saturated rings. The van der Waals surface area contributed by atoms with Crippen molar-refractivity contribution in [3.63, 3.8) is 0 Å². The fourth-order valence-electron chi connectivity index (χ4n) is 1.73. The highest BCUT2D eigenvalue weighted by Crippen LogP contribution is 2.24. The summed E-state index contributed by atoms with van der Waals surface area (Å²) in [6, 6.07) is 8.52. The molecule has 0 unspecified atom stereocenters. The standard InChI is InChI=1S/C15H20O5/c1-15(2,3)20-13(17)11(12(16)14(18)19-4)10-8-6-5-7-9-10/h5-9,11-12,16H,1-4H3/t11-,12+/m0/s1. The minimum absolute atomic E-state index is 0.500. The van der Waals surface area contributed by atoms with Crippen LogP contribution in [0.1, 0.15) is 32.3 Å². The van der Waals surface area contributed by atoms with Crippen molar-refractivity contribution in [2.24, 2.45) is 0 Å². The number of rotatable bonds is 4. The van der Waals surface area contributed by atoms with Crippen molar-refractivity contribution < 1.29 is 24.2 Å². The van der Waals surface area contributed by atoms with Gasteiger partial charge in [0, 0.05) is 0 Å². The molecule has 0 saturated carbocycles. The van der Waals surface area contributed by atoms with Gasteiger partial charge in [-0.15, -0.1) is 0 Å². The van der Waals surface area contributed by atoms with Gasteiger partial charge in [0.1, 0.15) is 11.5 Å². The molecule has 1 N–H and O–H groups in total. The molecule has 1 aromatic carbocycles. The van der Waals surface area contributed by atoms with Crippen LogP contribution < -0.4 is 0 Å². The van der Waals surface area contributed by atoms with Crippen LogP contribution in [-0.4, -0.2) is 35.9 Å². The number of benzene rings is 1. The lowest BCUT2D eigenvalue weighted by atomic mass is 9.93. The molecular weight excluding hydrogens is 260 g/mol. The van der Waals surface area contributed by atoms with Crippen LogP contribution in [0.15, 0.2) is 30.3 Å². The number of methoxy groups -OCH3 is 1. The lowest BCUT2D eigenvalue weighted by Crippen LogP contribution is -2.38. The number of ether oxygens (including phenoxy) is 2. The van der Waals surface area contributed by atoms with Crippen molar-refractivity contribution in [3.05, 3.63) is 35.9 Å². The Kier molecular flexibility index (Phi) is 5.27. The van der Waals surface area contributed by atoms with E-state index in [9.17, 15) is 14.7 Å². The number of aliphatic hydroxyl groups is 1. The molecule has 0 aromatic heterocycles. The van der Waals surface area contributed by atoms with E-state index in [-0.39, 0.29) is 0 Å². The van der Waals surface area contributed by atoms with E-state index in [1.165, 1.54) is 0 Å². The second-order valence-electron chi connectivity index (χ2n) is 5.39. The van der Waals surface area contributed by atoms with Crippen LogP contribution in [0.2, 0.25) is 0 Å². The van der Waals surface area contributed by atoms with Crippen LogP contribution in [0.3, 0.4) is 0 Å². The zero-order valence-electron chi connectivity index (χ0n) is 12.1. The zero-order chi connectivity index (χ0) is 15.3. The summed E-state index contributed by atoms with van der Waals surface area (Å²) in [5.74, 6) is -2.64. The van der Waals surface area contributed by atoms with Gasteiger partial charge in [-0.3, -0.25) is 4.79 Å². The van der Waals surface area contributed by atoms with Crippen molar-refractivity contribution in [1.29, 1.82) is 0 Å². The Morgan fingerprint density at radius 1 is 1.10 bits per heavy atom. The van der Waals surface area contributed by atoms with Crippen LogP contribution in [0.4, 0.5) is 0 Å². The molecule has 0 radical (unpaired) electrons. The Hall–Kier alpha value is -1.88. The van der Waals surface area contributed by atoms with Gasteiger partial charge in [0.15, 0.2) is 6.10 Å². The molecule has 110 valence electrons. The van der Waals surface area contributed by atoms with Crippen LogP contribution in [-0.2, 0) is 19.1 Å². The van der Waals surface area contributed by atoms with E-state index in [0.717, 1.165) is 7.11 Å². The Morgan fingerprint density at radius 2 is 1.65 bits per heavy atom. The van der Waals surface area contributed by atoms with Crippen LogP contribution in [0.25, 0.3) is 0 Å². The first-order valence-corrected chi connectivity index (χ1v) is 6.30. The fraction of sp³-hybridized carbons (Fsp3) is 0.467. The monoisotopic (exact) mass is 280 g/mol. The summed E-state index contributed by atoms with van der Waals surface area (Å²) in [6.07, 6.45) is -1.60. The van der Waals surface area contributed by atoms with Gasteiger partial charge in [-0.2, -0.15) is 0 Å². The average Bonchev–Trinajstić information content (AvgIpc) is 2.37. The van der Waals surface area contributed by atoms with Gasteiger partial charge < -0.3 is 14.6 Å². The van der Waals surface area contributed by atoms with Gasteiger partial charge in [0.25, 0.3) is 0 Å². The molecule has 2 atom stereocenters. The predicted molar refractivity (Wildman–Crippen MR) is 73.1 cm³/mol. The number of esters is 2. The summed E-state index contributed by atoms with van der Waals surface area (Å²) in [5, 5.41) is 10.0. The molecule has 0 amide bonds. The molecule has 0 aliphatic heterocycles. The number of hydrogen-bond acceptors (Lipinski definition) is 5. The predicted octanol–water partition coefficient (Wildman–Crippen LogP) is 1.65. The van der Waals surface area contributed by atoms with Crippen molar-refractivity contribution in [2.75, 3.05) is 7.11 Å². The van der Waals surface area contributed by atoms with Crippen molar-refractivity contribution in [3.8, 4) is 0 Å². The molecular formula is C15H20O5. The quantitative estimate of drug-likeness (QED) is 0.849. The van der Waals surface area contributed by atoms with E-state index < -0.39 is 29.6 Å². The third kappa shape index (κ3) is 4.35. The third-order valence-electron chi connectivity index (χ3n) is 2.58. The topological polar surface area (TPSA) is 72.8 Å².